The molecule has 5 nitrogen and oxygen atoms in total. The second-order valence-electron chi connectivity index (χ2n) is 6.40. The van der Waals surface area contributed by atoms with Crippen molar-refractivity contribution in [3.63, 3.8) is 0 Å². The maximum Gasteiger partial charge on any atom is 0.253 e. The van der Waals surface area contributed by atoms with Crippen molar-refractivity contribution in [2.75, 3.05) is 6.54 Å². The van der Waals surface area contributed by atoms with Crippen molar-refractivity contribution < 1.29 is 9.90 Å². The molecule has 0 spiro atoms. The fourth-order valence-electron chi connectivity index (χ4n) is 3.34. The van der Waals surface area contributed by atoms with Gasteiger partial charge >= 0.3 is 0 Å². The molecule has 0 aromatic carbocycles. The van der Waals surface area contributed by atoms with Gasteiger partial charge in [0.15, 0.2) is 5.13 Å². The monoisotopic (exact) mass is 333 g/mol. The predicted molar refractivity (Wildman–Crippen MR) is 91.3 cm³/mol. The molecule has 0 saturated heterocycles. The third kappa shape index (κ3) is 3.33. The van der Waals surface area contributed by atoms with Crippen molar-refractivity contribution in [2.45, 2.75) is 51.6 Å². The number of nitrogens with one attached hydrogen (secondary N) is 1. The number of hydrogen-bond acceptors (Lipinski definition) is 4. The van der Waals surface area contributed by atoms with Crippen LogP contribution in [0.15, 0.2) is 17.6 Å². The van der Waals surface area contributed by atoms with Gasteiger partial charge in [-0.15, -0.1) is 11.3 Å². The van der Waals surface area contributed by atoms with Crippen LogP contribution >= 0.6 is 11.3 Å². The molecule has 2 aromatic heterocycles. The quantitative estimate of drug-likeness (QED) is 0.904. The van der Waals surface area contributed by atoms with E-state index in [-0.39, 0.29) is 5.91 Å². The van der Waals surface area contributed by atoms with E-state index in [1.807, 2.05) is 29.9 Å². The number of carbonyl (C=O) groups excluding carboxylic acids is 1. The number of carbonyl (C=O) groups is 1. The van der Waals surface area contributed by atoms with E-state index in [9.17, 15) is 9.90 Å². The smallest absolute Gasteiger partial charge is 0.253 e. The summed E-state index contributed by atoms with van der Waals surface area (Å²) in [5.41, 5.74) is 1.77. The minimum Gasteiger partial charge on any atom is -0.388 e. The second-order valence-corrected chi connectivity index (χ2v) is 7.28. The largest absolute Gasteiger partial charge is 0.388 e. The molecule has 1 amide bonds. The van der Waals surface area contributed by atoms with Crippen LogP contribution in [-0.4, -0.2) is 32.7 Å². The molecule has 1 saturated carbocycles. The first-order valence-electron chi connectivity index (χ1n) is 8.10. The van der Waals surface area contributed by atoms with Crippen LogP contribution in [0, 0.1) is 13.8 Å². The van der Waals surface area contributed by atoms with Gasteiger partial charge in [-0.3, -0.25) is 9.36 Å². The van der Waals surface area contributed by atoms with Crippen molar-refractivity contribution >= 4 is 17.2 Å². The maximum absolute atomic E-state index is 12.5. The molecule has 0 aliphatic heterocycles. The topological polar surface area (TPSA) is 67.2 Å². The van der Waals surface area contributed by atoms with Crippen LogP contribution in [0.1, 0.15) is 53.8 Å². The Hall–Kier alpha value is -1.66. The van der Waals surface area contributed by atoms with Crippen LogP contribution in [0.2, 0.25) is 0 Å². The lowest BCUT2D eigenvalue weighted by atomic mass is 9.85. The Kier molecular flexibility index (Phi) is 4.55. The van der Waals surface area contributed by atoms with Crippen molar-refractivity contribution in [3.05, 3.63) is 34.6 Å². The van der Waals surface area contributed by atoms with Gasteiger partial charge in [0, 0.05) is 29.5 Å². The third-order valence-corrected chi connectivity index (χ3v) is 5.41. The summed E-state index contributed by atoms with van der Waals surface area (Å²) < 4.78 is 1.99. The van der Waals surface area contributed by atoms with E-state index < -0.39 is 5.60 Å². The lowest BCUT2D eigenvalue weighted by Crippen LogP contribution is -2.44. The van der Waals surface area contributed by atoms with Crippen LogP contribution in [0.5, 0.6) is 0 Å². The molecule has 0 unspecified atom stereocenters. The SMILES string of the molecule is Cc1cc(C(=O)NCC2(O)CCCCC2)c(C)n1-c1nccs1. The highest BCUT2D eigenvalue weighted by Crippen LogP contribution is 2.27. The van der Waals surface area contributed by atoms with Crippen LogP contribution in [0.4, 0.5) is 0 Å². The molecular formula is C17H23N3O2S. The van der Waals surface area contributed by atoms with Crippen LogP contribution in [-0.2, 0) is 0 Å². The van der Waals surface area contributed by atoms with Crippen molar-refractivity contribution in [3.8, 4) is 5.13 Å². The summed E-state index contributed by atoms with van der Waals surface area (Å²) in [4.78, 5) is 16.9. The van der Waals surface area contributed by atoms with Gasteiger partial charge < -0.3 is 10.4 Å². The van der Waals surface area contributed by atoms with Gasteiger partial charge in [-0.25, -0.2) is 4.98 Å². The molecule has 23 heavy (non-hydrogen) atoms. The second kappa shape index (κ2) is 6.45. The Bertz CT molecular complexity index is 685. The number of amides is 1. The minimum atomic E-state index is -0.741. The summed E-state index contributed by atoms with van der Waals surface area (Å²) in [5, 5.41) is 16.2. The molecular weight excluding hydrogens is 310 g/mol. The van der Waals surface area contributed by atoms with E-state index >= 15 is 0 Å². The first kappa shape index (κ1) is 16.2. The average Bonchev–Trinajstić information content (AvgIpc) is 3.14. The van der Waals surface area contributed by atoms with Gasteiger partial charge in [-0.1, -0.05) is 19.3 Å². The van der Waals surface area contributed by atoms with Crippen molar-refractivity contribution in [1.29, 1.82) is 0 Å². The number of aromatic nitrogens is 2. The van der Waals surface area contributed by atoms with E-state index in [2.05, 4.69) is 10.3 Å². The Morgan fingerprint density at radius 2 is 2.13 bits per heavy atom. The highest BCUT2D eigenvalue weighted by Gasteiger charge is 2.30. The summed E-state index contributed by atoms with van der Waals surface area (Å²) >= 11 is 1.54. The standard InChI is InChI=1S/C17H23N3O2S/c1-12-10-14(13(2)20(12)16-18-8-9-23-16)15(21)19-11-17(22)6-4-3-5-7-17/h8-10,22H,3-7,11H2,1-2H3,(H,19,21). The summed E-state index contributed by atoms with van der Waals surface area (Å²) in [7, 11) is 0. The zero-order valence-corrected chi connectivity index (χ0v) is 14.4. The molecule has 1 aliphatic carbocycles. The molecule has 2 N–H and O–H groups in total. The van der Waals surface area contributed by atoms with E-state index in [1.54, 1.807) is 17.5 Å². The molecule has 124 valence electrons. The van der Waals surface area contributed by atoms with E-state index in [4.69, 9.17) is 0 Å². The van der Waals surface area contributed by atoms with E-state index in [0.717, 1.165) is 42.2 Å². The number of rotatable bonds is 4. The van der Waals surface area contributed by atoms with Crippen LogP contribution in [0.3, 0.4) is 0 Å². The summed E-state index contributed by atoms with van der Waals surface area (Å²) in [6.07, 6.45) is 6.54. The Morgan fingerprint density at radius 1 is 1.39 bits per heavy atom. The molecule has 6 heteroatoms. The number of hydrogen-bond donors (Lipinski definition) is 2. The van der Waals surface area contributed by atoms with Crippen molar-refractivity contribution in [1.82, 2.24) is 14.9 Å². The number of thiazole rings is 1. The van der Waals surface area contributed by atoms with Crippen LogP contribution in [0.25, 0.3) is 5.13 Å². The minimum absolute atomic E-state index is 0.125. The summed E-state index contributed by atoms with van der Waals surface area (Å²) in [6, 6.07) is 1.89. The number of nitrogens with zero attached hydrogens (tertiary/aromatic N) is 2. The fraction of sp³-hybridized carbons (Fsp3) is 0.529. The summed E-state index contributed by atoms with van der Waals surface area (Å²) in [5.74, 6) is -0.125. The first-order valence-corrected chi connectivity index (χ1v) is 8.97. The highest BCUT2D eigenvalue weighted by atomic mass is 32.1. The van der Waals surface area contributed by atoms with Gasteiger partial charge in [0.1, 0.15) is 0 Å². The third-order valence-electron chi connectivity index (χ3n) is 4.65. The molecule has 2 aromatic rings. The highest BCUT2D eigenvalue weighted by molar-refractivity contribution is 7.12. The predicted octanol–water partition coefficient (Wildman–Crippen LogP) is 2.98. The average molecular weight is 333 g/mol. The summed E-state index contributed by atoms with van der Waals surface area (Å²) in [6.45, 7) is 4.23. The Morgan fingerprint density at radius 3 is 2.78 bits per heavy atom. The number of aliphatic hydroxyl groups is 1. The molecule has 0 radical (unpaired) electrons. The molecule has 3 rings (SSSR count). The van der Waals surface area contributed by atoms with Gasteiger partial charge in [-0.05, 0) is 32.8 Å². The Labute approximate surface area is 140 Å². The first-order chi connectivity index (χ1) is 11.0. The molecule has 1 fully saturated rings. The normalized spacial score (nSPS) is 17.2. The lowest BCUT2D eigenvalue weighted by Gasteiger charge is -2.32. The lowest BCUT2D eigenvalue weighted by molar-refractivity contribution is 0.00525. The maximum atomic E-state index is 12.5. The van der Waals surface area contributed by atoms with Gasteiger partial charge in [0.2, 0.25) is 0 Å². The van der Waals surface area contributed by atoms with E-state index in [1.165, 1.54) is 6.42 Å². The zero-order valence-electron chi connectivity index (χ0n) is 13.6. The molecule has 2 heterocycles. The van der Waals surface area contributed by atoms with Gasteiger partial charge in [0.25, 0.3) is 5.91 Å². The van der Waals surface area contributed by atoms with E-state index in [0.29, 0.717) is 12.1 Å². The van der Waals surface area contributed by atoms with Crippen molar-refractivity contribution in [2.24, 2.45) is 0 Å². The Balaban J connectivity index is 1.74. The zero-order chi connectivity index (χ0) is 16.4. The molecule has 1 aliphatic rings. The van der Waals surface area contributed by atoms with Crippen LogP contribution < -0.4 is 5.32 Å². The number of aryl methyl sites for hydroxylation is 1. The fourth-order valence-corrected chi connectivity index (χ4v) is 4.09. The van der Waals surface area contributed by atoms with Gasteiger partial charge in [0.05, 0.1) is 11.2 Å². The molecule has 0 bridgehead atoms. The van der Waals surface area contributed by atoms with Gasteiger partial charge in [-0.2, -0.15) is 0 Å². The molecule has 0 atom stereocenters.